The zero-order valence-corrected chi connectivity index (χ0v) is 19.0. The van der Waals surface area contributed by atoms with Crippen molar-refractivity contribution in [1.82, 2.24) is 15.0 Å². The number of aromatic nitrogens is 3. The Hall–Kier alpha value is -4.17. The molecular weight excluding hydrogens is 456 g/mol. The molecule has 0 bridgehead atoms. The predicted molar refractivity (Wildman–Crippen MR) is 128 cm³/mol. The monoisotopic (exact) mass is 474 g/mol. The zero-order valence-electron chi connectivity index (χ0n) is 18.2. The van der Waals surface area contributed by atoms with Crippen LogP contribution in [0.25, 0.3) is 16.8 Å². The molecule has 2 aromatic carbocycles. The van der Waals surface area contributed by atoms with Gasteiger partial charge >= 0.3 is 5.91 Å². The largest absolute Gasteiger partial charge is 0.507 e. The molecule has 4 aromatic rings. The number of fused-ring (bicyclic) bond motifs is 1. The Morgan fingerprint density at radius 3 is 2.62 bits per heavy atom. The Morgan fingerprint density at radius 1 is 1.15 bits per heavy atom. The van der Waals surface area contributed by atoms with Gasteiger partial charge in [0.15, 0.2) is 0 Å². The number of anilines is 1. The number of aliphatic hydroxyl groups excluding tert-OH is 1. The number of rotatable bonds is 4. The Morgan fingerprint density at radius 2 is 1.91 bits per heavy atom. The second kappa shape index (κ2) is 8.31. The van der Waals surface area contributed by atoms with E-state index in [1.54, 1.807) is 49.5 Å². The lowest BCUT2D eigenvalue weighted by Gasteiger charge is -2.22. The average molecular weight is 475 g/mol. The quantitative estimate of drug-likeness (QED) is 0.255. The molecule has 2 N–H and O–H groups in total. The van der Waals surface area contributed by atoms with E-state index in [2.05, 4.69) is 15.0 Å². The summed E-state index contributed by atoms with van der Waals surface area (Å²) in [5.74, 6) is -1.75. The maximum absolute atomic E-state index is 13.3. The number of aliphatic hydroxyl groups is 1. The number of hydrogen-bond donors (Lipinski definition) is 2. The molecular formula is C25H19ClN4O4. The number of H-pyrrole nitrogens is 1. The van der Waals surface area contributed by atoms with Crippen molar-refractivity contribution in [2.75, 3.05) is 12.0 Å². The van der Waals surface area contributed by atoms with Crippen LogP contribution in [0.15, 0.2) is 66.4 Å². The number of para-hydroxylation sites is 2. The number of Topliss-reactive ketones (excluding diaryl/α,β-unsaturated/α-hetero) is 1. The summed E-state index contributed by atoms with van der Waals surface area (Å²) in [5.41, 5.74) is 2.53. The van der Waals surface area contributed by atoms with Crippen LogP contribution in [-0.2, 0) is 9.59 Å². The van der Waals surface area contributed by atoms with Gasteiger partial charge in [-0.15, -0.1) is 0 Å². The number of amides is 1. The summed E-state index contributed by atoms with van der Waals surface area (Å²) in [5, 5.41) is 11.7. The lowest BCUT2D eigenvalue weighted by atomic mass is 9.97. The Kier molecular flexibility index (Phi) is 5.30. The third kappa shape index (κ3) is 3.39. The van der Waals surface area contributed by atoms with E-state index in [9.17, 15) is 14.7 Å². The number of nitrogens with one attached hydrogen (secondary N) is 1. The van der Waals surface area contributed by atoms with Crippen molar-refractivity contribution in [3.8, 4) is 5.75 Å². The molecule has 5 rings (SSSR count). The summed E-state index contributed by atoms with van der Waals surface area (Å²) in [6.07, 6.45) is 1.55. The molecule has 2 aromatic heterocycles. The van der Waals surface area contributed by atoms with Crippen molar-refractivity contribution in [2.24, 2.45) is 0 Å². The number of carbonyl (C=O) groups excluding carboxylic acids is 2. The third-order valence-corrected chi connectivity index (χ3v) is 5.95. The number of ether oxygens (including phenoxy) is 1. The molecule has 1 atom stereocenters. The second-order valence-corrected chi connectivity index (χ2v) is 8.24. The Bertz CT molecular complexity index is 1450. The fourth-order valence-corrected chi connectivity index (χ4v) is 4.53. The Labute approximate surface area is 199 Å². The van der Waals surface area contributed by atoms with Gasteiger partial charge in [0.1, 0.15) is 17.6 Å². The SMILES string of the molecule is COc1c(Cl)cc(C)cc1/C(O)=C1\C(=O)C(=O)N(c2nc3ccccc3[nH]2)C1c1ccccn1. The maximum Gasteiger partial charge on any atom is 0.302 e. The molecule has 9 heteroatoms. The summed E-state index contributed by atoms with van der Waals surface area (Å²) in [6.45, 7) is 1.80. The molecule has 0 saturated carbocycles. The Balaban J connectivity index is 1.77. The lowest BCUT2D eigenvalue weighted by molar-refractivity contribution is -0.132. The second-order valence-electron chi connectivity index (χ2n) is 7.83. The molecule has 3 heterocycles. The first-order chi connectivity index (χ1) is 16.4. The molecule has 1 aliphatic heterocycles. The topological polar surface area (TPSA) is 108 Å². The van der Waals surface area contributed by atoms with Gasteiger partial charge in [-0.25, -0.2) is 4.98 Å². The molecule has 1 aliphatic rings. The number of pyridine rings is 1. The number of halogens is 1. The van der Waals surface area contributed by atoms with Crippen molar-refractivity contribution >= 4 is 46.0 Å². The highest BCUT2D eigenvalue weighted by atomic mass is 35.5. The van der Waals surface area contributed by atoms with Crippen molar-refractivity contribution in [1.29, 1.82) is 0 Å². The molecule has 1 saturated heterocycles. The standard InChI is InChI=1S/C25H19ClN4O4/c1-13-11-14(23(34-2)15(26)12-13)21(31)19-20(18-9-5-6-10-27-18)30(24(33)22(19)32)25-28-16-7-3-4-8-17(16)29-25/h3-12,20,31H,1-2H3,(H,28,29)/b21-19+. The number of ketones is 1. The number of hydrogen-bond acceptors (Lipinski definition) is 6. The first kappa shape index (κ1) is 21.7. The molecule has 1 amide bonds. The normalized spacial score (nSPS) is 17.5. The van der Waals surface area contributed by atoms with Gasteiger partial charge in [-0.2, -0.15) is 0 Å². The summed E-state index contributed by atoms with van der Waals surface area (Å²) < 4.78 is 5.40. The van der Waals surface area contributed by atoms with Gasteiger partial charge in [0.25, 0.3) is 5.78 Å². The lowest BCUT2D eigenvalue weighted by Crippen LogP contribution is -2.30. The first-order valence-corrected chi connectivity index (χ1v) is 10.8. The first-order valence-electron chi connectivity index (χ1n) is 10.4. The van der Waals surface area contributed by atoms with Crippen molar-refractivity contribution in [3.05, 3.63) is 88.2 Å². The van der Waals surface area contributed by atoms with E-state index in [1.807, 2.05) is 18.2 Å². The van der Waals surface area contributed by atoms with E-state index in [1.165, 1.54) is 12.0 Å². The van der Waals surface area contributed by atoms with Gasteiger partial charge < -0.3 is 14.8 Å². The van der Waals surface area contributed by atoms with Crippen molar-refractivity contribution < 1.29 is 19.4 Å². The minimum Gasteiger partial charge on any atom is -0.507 e. The zero-order chi connectivity index (χ0) is 24.0. The van der Waals surface area contributed by atoms with Crippen LogP contribution >= 0.6 is 11.6 Å². The average Bonchev–Trinajstić information content (AvgIpc) is 3.37. The fraction of sp³-hybridized carbons (Fsp3) is 0.120. The molecule has 8 nitrogen and oxygen atoms in total. The molecule has 0 aliphatic carbocycles. The van der Waals surface area contributed by atoms with E-state index in [0.29, 0.717) is 16.7 Å². The van der Waals surface area contributed by atoms with E-state index in [4.69, 9.17) is 16.3 Å². The number of aryl methyl sites for hydroxylation is 1. The van der Waals surface area contributed by atoms with Gasteiger partial charge in [0.05, 0.1) is 40.0 Å². The van der Waals surface area contributed by atoms with E-state index in [0.717, 1.165) is 5.56 Å². The highest BCUT2D eigenvalue weighted by molar-refractivity contribution is 6.51. The van der Waals surface area contributed by atoms with Crippen LogP contribution in [0, 0.1) is 6.92 Å². The van der Waals surface area contributed by atoms with Gasteiger partial charge in [-0.3, -0.25) is 19.5 Å². The van der Waals surface area contributed by atoms with Gasteiger partial charge in [-0.05, 0) is 48.9 Å². The molecule has 34 heavy (non-hydrogen) atoms. The number of methoxy groups -OCH3 is 1. The van der Waals surface area contributed by atoms with Gasteiger partial charge in [0.2, 0.25) is 5.95 Å². The predicted octanol–water partition coefficient (Wildman–Crippen LogP) is 4.55. The van der Waals surface area contributed by atoms with Crippen LogP contribution in [0.2, 0.25) is 5.02 Å². The van der Waals surface area contributed by atoms with Crippen LogP contribution in [0.5, 0.6) is 5.75 Å². The van der Waals surface area contributed by atoms with E-state index in [-0.39, 0.29) is 27.9 Å². The summed E-state index contributed by atoms with van der Waals surface area (Å²) in [7, 11) is 1.41. The molecule has 0 spiro atoms. The summed E-state index contributed by atoms with van der Waals surface area (Å²) in [4.78, 5) is 39.8. The van der Waals surface area contributed by atoms with Crippen molar-refractivity contribution in [2.45, 2.75) is 13.0 Å². The molecule has 170 valence electrons. The molecule has 0 radical (unpaired) electrons. The summed E-state index contributed by atoms with van der Waals surface area (Å²) >= 11 is 6.33. The third-order valence-electron chi connectivity index (χ3n) is 5.66. The minimum atomic E-state index is -1.02. The van der Waals surface area contributed by atoms with Crippen LogP contribution < -0.4 is 9.64 Å². The van der Waals surface area contributed by atoms with Crippen LogP contribution in [0.4, 0.5) is 5.95 Å². The van der Waals surface area contributed by atoms with E-state index < -0.39 is 23.5 Å². The van der Waals surface area contributed by atoms with Crippen LogP contribution in [0.3, 0.4) is 0 Å². The van der Waals surface area contributed by atoms with Crippen LogP contribution in [-0.4, -0.2) is 38.9 Å². The molecule has 1 fully saturated rings. The molecule has 1 unspecified atom stereocenters. The highest BCUT2D eigenvalue weighted by Crippen LogP contribution is 2.43. The van der Waals surface area contributed by atoms with Crippen LogP contribution in [0.1, 0.15) is 22.9 Å². The number of imidazole rings is 1. The van der Waals surface area contributed by atoms with E-state index >= 15 is 0 Å². The number of aromatic amines is 1. The minimum absolute atomic E-state index is 0.135. The summed E-state index contributed by atoms with van der Waals surface area (Å²) in [6, 6.07) is 14.7. The van der Waals surface area contributed by atoms with Crippen molar-refractivity contribution in [3.63, 3.8) is 0 Å². The van der Waals surface area contributed by atoms with Gasteiger partial charge in [-0.1, -0.05) is 29.8 Å². The fourth-order valence-electron chi connectivity index (χ4n) is 4.18. The number of benzene rings is 2. The smallest absolute Gasteiger partial charge is 0.302 e. The highest BCUT2D eigenvalue weighted by Gasteiger charge is 2.49. The van der Waals surface area contributed by atoms with Gasteiger partial charge in [0, 0.05) is 6.20 Å². The number of carbonyl (C=O) groups is 2. The maximum atomic E-state index is 13.3. The number of nitrogens with zero attached hydrogens (tertiary/aromatic N) is 3.